The van der Waals surface area contributed by atoms with E-state index in [4.69, 9.17) is 0 Å². The number of fused-ring (bicyclic) bond motifs is 2. The van der Waals surface area contributed by atoms with Crippen molar-refractivity contribution in [2.45, 2.75) is 44.9 Å². The van der Waals surface area contributed by atoms with Gasteiger partial charge in [-0.15, -0.1) is 0 Å². The normalized spacial score (nSPS) is 17.5. The van der Waals surface area contributed by atoms with Gasteiger partial charge < -0.3 is 10.1 Å². The highest BCUT2D eigenvalue weighted by atomic mass is 16.4. The number of carbonyl (C=O) groups excluding carboxylic acids is 2. The number of aromatic nitrogens is 1. The number of anilines is 1. The fourth-order valence-corrected chi connectivity index (χ4v) is 5.17. The molecule has 1 aliphatic heterocycles. The van der Waals surface area contributed by atoms with Gasteiger partial charge in [-0.3, -0.25) is 14.4 Å². The van der Waals surface area contributed by atoms with E-state index in [1.54, 1.807) is 36.5 Å². The number of rotatable bonds is 5. The molecule has 0 spiro atoms. The summed E-state index contributed by atoms with van der Waals surface area (Å²) in [5.41, 5.74) is 3.59. The first kappa shape index (κ1) is 19.5. The first-order valence-corrected chi connectivity index (χ1v) is 10.8. The summed E-state index contributed by atoms with van der Waals surface area (Å²) in [7, 11) is 0. The summed E-state index contributed by atoms with van der Waals surface area (Å²) in [4.78, 5) is 42.3. The van der Waals surface area contributed by atoms with Gasteiger partial charge in [-0.2, -0.15) is 0 Å². The van der Waals surface area contributed by atoms with Crippen molar-refractivity contribution >= 4 is 34.4 Å². The van der Waals surface area contributed by atoms with E-state index >= 15 is 0 Å². The lowest BCUT2D eigenvalue weighted by atomic mass is 9.87. The van der Waals surface area contributed by atoms with Crippen LogP contribution in [-0.4, -0.2) is 27.9 Å². The first-order valence-electron chi connectivity index (χ1n) is 10.8. The molecule has 1 fully saturated rings. The van der Waals surface area contributed by atoms with Crippen molar-refractivity contribution in [3.8, 4) is 0 Å². The zero-order valence-corrected chi connectivity index (χ0v) is 17.4. The maximum absolute atomic E-state index is 12.9. The van der Waals surface area contributed by atoms with E-state index < -0.39 is 11.9 Å². The van der Waals surface area contributed by atoms with Crippen molar-refractivity contribution in [1.82, 2.24) is 4.98 Å². The molecule has 0 saturated heterocycles. The maximum atomic E-state index is 12.9. The summed E-state index contributed by atoms with van der Waals surface area (Å²) in [6, 6.07) is 10.5. The molecular formula is C25H24N2O4. The molecule has 6 heteroatoms. The summed E-state index contributed by atoms with van der Waals surface area (Å²) < 4.78 is 0. The van der Waals surface area contributed by atoms with Crippen molar-refractivity contribution in [1.29, 1.82) is 0 Å². The molecule has 2 N–H and O–H groups in total. The zero-order chi connectivity index (χ0) is 21.7. The van der Waals surface area contributed by atoms with Crippen LogP contribution in [0.4, 0.5) is 5.69 Å². The third-order valence-corrected chi connectivity index (χ3v) is 6.78. The number of H-pyrrole nitrogens is 1. The minimum atomic E-state index is -0.810. The Morgan fingerprint density at radius 3 is 2.39 bits per heavy atom. The predicted octanol–water partition coefficient (Wildman–Crippen LogP) is 5.03. The van der Waals surface area contributed by atoms with E-state index in [2.05, 4.69) is 4.98 Å². The van der Waals surface area contributed by atoms with Gasteiger partial charge in [0.15, 0.2) is 0 Å². The molecule has 1 saturated carbocycles. The lowest BCUT2D eigenvalue weighted by molar-refractivity contribution is -0.139. The minimum Gasteiger partial charge on any atom is -0.481 e. The second-order valence-corrected chi connectivity index (χ2v) is 8.70. The maximum Gasteiger partial charge on any atom is 0.311 e. The molecule has 0 bridgehead atoms. The van der Waals surface area contributed by atoms with E-state index in [-0.39, 0.29) is 11.8 Å². The molecule has 2 amide bonds. The molecule has 1 aliphatic carbocycles. The highest BCUT2D eigenvalue weighted by Gasteiger charge is 2.37. The van der Waals surface area contributed by atoms with Crippen molar-refractivity contribution in [2.24, 2.45) is 5.92 Å². The molecule has 1 unspecified atom stereocenters. The van der Waals surface area contributed by atoms with Crippen LogP contribution in [0, 0.1) is 12.8 Å². The van der Waals surface area contributed by atoms with Gasteiger partial charge in [0.25, 0.3) is 11.8 Å². The number of nitrogens with zero attached hydrogens (tertiary/aromatic N) is 1. The number of carboxylic acids is 1. The van der Waals surface area contributed by atoms with E-state index in [0.717, 1.165) is 34.9 Å². The number of carboxylic acid groups (broad SMARTS) is 1. The number of hydrogen-bond acceptors (Lipinski definition) is 3. The van der Waals surface area contributed by atoms with Gasteiger partial charge in [-0.05, 0) is 54.7 Å². The molecule has 31 heavy (non-hydrogen) atoms. The molecule has 3 aromatic rings. The van der Waals surface area contributed by atoms with Crippen LogP contribution in [0.3, 0.4) is 0 Å². The van der Waals surface area contributed by atoms with Crippen LogP contribution >= 0.6 is 0 Å². The summed E-state index contributed by atoms with van der Waals surface area (Å²) in [6.45, 7) is 1.85. The van der Waals surface area contributed by atoms with E-state index in [1.807, 2.05) is 13.0 Å². The number of carbonyl (C=O) groups is 3. The Labute approximate surface area is 179 Å². The van der Waals surface area contributed by atoms with E-state index in [9.17, 15) is 19.5 Å². The molecule has 158 valence electrons. The second kappa shape index (κ2) is 7.38. The lowest BCUT2D eigenvalue weighted by Gasteiger charge is -2.18. The topological polar surface area (TPSA) is 90.5 Å². The fraction of sp³-hybridized carbons (Fsp3) is 0.320. The van der Waals surface area contributed by atoms with Crippen LogP contribution in [0.1, 0.15) is 69.9 Å². The average molecular weight is 416 g/mol. The first-order chi connectivity index (χ1) is 15.0. The molecule has 1 atom stereocenters. The van der Waals surface area contributed by atoms with Crippen molar-refractivity contribution in [3.05, 3.63) is 64.8 Å². The number of hydrogen-bond donors (Lipinski definition) is 2. The van der Waals surface area contributed by atoms with Crippen LogP contribution in [0.25, 0.3) is 10.9 Å². The fourth-order valence-electron chi connectivity index (χ4n) is 5.17. The number of benzene rings is 2. The van der Waals surface area contributed by atoms with Crippen LogP contribution in [0.5, 0.6) is 0 Å². The number of aryl methyl sites for hydroxylation is 1. The van der Waals surface area contributed by atoms with Gasteiger partial charge in [0.1, 0.15) is 0 Å². The zero-order valence-electron chi connectivity index (χ0n) is 17.4. The van der Waals surface area contributed by atoms with Crippen LogP contribution in [0.2, 0.25) is 0 Å². The number of aliphatic carboxylic acids is 1. The molecule has 6 nitrogen and oxygen atoms in total. The van der Waals surface area contributed by atoms with Crippen molar-refractivity contribution in [3.63, 3.8) is 0 Å². The van der Waals surface area contributed by atoms with E-state index in [0.29, 0.717) is 29.2 Å². The molecule has 0 radical (unpaired) electrons. The minimum absolute atomic E-state index is 0.334. The Bertz CT molecular complexity index is 1180. The SMILES string of the molecule is Cc1cc2c(C(CC3CCCC3)C(=O)O)c[nH]c2cc1N1C(=O)c2ccccc2C1=O. The van der Waals surface area contributed by atoms with Crippen molar-refractivity contribution in [2.75, 3.05) is 4.90 Å². The second-order valence-electron chi connectivity index (χ2n) is 8.70. The molecule has 1 aromatic heterocycles. The smallest absolute Gasteiger partial charge is 0.311 e. The molecule has 2 aliphatic rings. The highest BCUT2D eigenvalue weighted by Crippen LogP contribution is 2.39. The Kier molecular flexibility index (Phi) is 4.65. The highest BCUT2D eigenvalue weighted by molar-refractivity contribution is 6.34. The third kappa shape index (κ3) is 3.14. The number of nitrogens with one attached hydrogen (secondary N) is 1. The van der Waals surface area contributed by atoms with Gasteiger partial charge in [-0.1, -0.05) is 37.8 Å². The Hall–Kier alpha value is -3.41. The summed E-state index contributed by atoms with van der Waals surface area (Å²) >= 11 is 0. The summed E-state index contributed by atoms with van der Waals surface area (Å²) in [5, 5.41) is 10.8. The average Bonchev–Trinajstić information content (AvgIpc) is 3.46. The van der Waals surface area contributed by atoms with E-state index in [1.165, 1.54) is 17.7 Å². The number of amides is 2. The Morgan fingerprint density at radius 2 is 1.77 bits per heavy atom. The Morgan fingerprint density at radius 1 is 1.13 bits per heavy atom. The molecule has 2 heterocycles. The molecular weight excluding hydrogens is 392 g/mol. The number of imide groups is 1. The van der Waals surface area contributed by atoms with Crippen LogP contribution in [0.15, 0.2) is 42.6 Å². The van der Waals surface area contributed by atoms with Gasteiger partial charge in [-0.25, -0.2) is 4.90 Å². The largest absolute Gasteiger partial charge is 0.481 e. The third-order valence-electron chi connectivity index (χ3n) is 6.78. The van der Waals surface area contributed by atoms with Gasteiger partial charge >= 0.3 is 5.97 Å². The van der Waals surface area contributed by atoms with Crippen LogP contribution < -0.4 is 4.90 Å². The quantitative estimate of drug-likeness (QED) is 0.571. The standard InChI is InChI=1S/C25H24N2O4/c1-14-10-18-20(19(25(30)31)11-15-6-2-3-7-15)13-26-21(18)12-22(14)27-23(28)16-8-4-5-9-17(16)24(27)29/h4-5,8-10,12-13,15,19,26H,2-3,6-7,11H2,1H3,(H,30,31). The number of aromatic amines is 1. The van der Waals surface area contributed by atoms with Crippen LogP contribution in [-0.2, 0) is 4.79 Å². The lowest BCUT2D eigenvalue weighted by Crippen LogP contribution is -2.30. The summed E-state index contributed by atoms with van der Waals surface area (Å²) in [6.07, 6.45) is 6.94. The predicted molar refractivity (Wildman–Crippen MR) is 118 cm³/mol. The monoisotopic (exact) mass is 416 g/mol. The molecule has 2 aromatic carbocycles. The van der Waals surface area contributed by atoms with Gasteiger partial charge in [0, 0.05) is 17.1 Å². The Balaban J connectivity index is 1.54. The van der Waals surface area contributed by atoms with Gasteiger partial charge in [0.2, 0.25) is 0 Å². The molecule has 5 rings (SSSR count). The van der Waals surface area contributed by atoms with Gasteiger partial charge in [0.05, 0.1) is 22.7 Å². The summed E-state index contributed by atoms with van der Waals surface area (Å²) in [5.74, 6) is -1.60. The van der Waals surface area contributed by atoms with Crippen molar-refractivity contribution < 1.29 is 19.5 Å².